The van der Waals surface area contributed by atoms with Gasteiger partial charge in [0.2, 0.25) is 0 Å². The van der Waals surface area contributed by atoms with Crippen LogP contribution in [0.3, 0.4) is 0 Å². The maximum Gasteiger partial charge on any atom is 0.316 e. The molecule has 1 atom stereocenters. The van der Waals surface area contributed by atoms with E-state index in [1.54, 1.807) is 18.2 Å². The normalized spacial score (nSPS) is 11.6. The van der Waals surface area contributed by atoms with Gasteiger partial charge in [-0.05, 0) is 37.5 Å². The summed E-state index contributed by atoms with van der Waals surface area (Å²) in [6.07, 6.45) is 1.66. The highest BCUT2D eigenvalue weighted by Crippen LogP contribution is 2.20. The molecular weight excluding hydrogens is 353 g/mol. The van der Waals surface area contributed by atoms with Crippen LogP contribution in [0.1, 0.15) is 18.9 Å². The molecule has 0 aromatic heterocycles. The summed E-state index contributed by atoms with van der Waals surface area (Å²) in [5.74, 6) is -1.31. The molecular formula is C20H22FNO3S. The van der Waals surface area contributed by atoms with Gasteiger partial charge in [0.1, 0.15) is 5.82 Å². The molecule has 0 fully saturated rings. The van der Waals surface area contributed by atoms with Gasteiger partial charge in [0.25, 0.3) is 5.91 Å². The van der Waals surface area contributed by atoms with Crippen molar-refractivity contribution in [1.82, 2.24) is 5.32 Å². The van der Waals surface area contributed by atoms with E-state index in [0.717, 1.165) is 24.6 Å². The first kappa shape index (κ1) is 20.0. The number of thioether (sulfide) groups is 1. The average molecular weight is 375 g/mol. The smallest absolute Gasteiger partial charge is 0.316 e. The lowest BCUT2D eigenvalue weighted by Gasteiger charge is -2.14. The molecule has 0 saturated heterocycles. The van der Waals surface area contributed by atoms with Crippen molar-refractivity contribution in [2.45, 2.75) is 30.7 Å². The molecule has 4 nitrogen and oxygen atoms in total. The number of rotatable bonds is 9. The van der Waals surface area contributed by atoms with Crippen molar-refractivity contribution >= 4 is 23.6 Å². The van der Waals surface area contributed by atoms with Crippen LogP contribution < -0.4 is 5.32 Å². The van der Waals surface area contributed by atoms with Gasteiger partial charge in [-0.2, -0.15) is 0 Å². The van der Waals surface area contributed by atoms with Crippen molar-refractivity contribution in [2.24, 2.45) is 0 Å². The van der Waals surface area contributed by atoms with Gasteiger partial charge in [0.05, 0.1) is 5.75 Å². The first-order valence-electron chi connectivity index (χ1n) is 8.41. The van der Waals surface area contributed by atoms with E-state index in [1.165, 1.54) is 11.6 Å². The molecule has 1 amide bonds. The van der Waals surface area contributed by atoms with Gasteiger partial charge in [-0.25, -0.2) is 4.39 Å². The fourth-order valence-corrected chi connectivity index (χ4v) is 3.04. The van der Waals surface area contributed by atoms with Gasteiger partial charge < -0.3 is 10.1 Å². The standard InChI is InChI=1S/C20H22FNO3S/c1-15(11-12-16-7-3-2-4-8-16)22-19(23)13-25-20(24)14-26-18-10-6-5-9-17(18)21/h2-10,15H,11-14H2,1H3,(H,22,23)/t15-/m1/s1. The van der Waals surface area contributed by atoms with Gasteiger partial charge in [0, 0.05) is 10.9 Å². The maximum atomic E-state index is 13.5. The summed E-state index contributed by atoms with van der Waals surface area (Å²) >= 11 is 1.05. The number of carbonyl (C=O) groups excluding carboxylic acids is 2. The number of aryl methyl sites for hydroxylation is 1. The lowest BCUT2D eigenvalue weighted by atomic mass is 10.1. The van der Waals surface area contributed by atoms with Crippen molar-refractivity contribution in [3.8, 4) is 0 Å². The topological polar surface area (TPSA) is 55.4 Å². The third-order valence-corrected chi connectivity index (χ3v) is 4.68. The summed E-state index contributed by atoms with van der Waals surface area (Å²) in [5, 5.41) is 2.81. The van der Waals surface area contributed by atoms with Gasteiger partial charge in [-0.1, -0.05) is 42.5 Å². The maximum absolute atomic E-state index is 13.5. The van der Waals surface area contributed by atoms with Crippen LogP contribution in [-0.2, 0) is 20.7 Å². The Morgan fingerprint density at radius 3 is 2.54 bits per heavy atom. The second kappa shape index (κ2) is 10.6. The predicted molar refractivity (Wildman–Crippen MR) is 100 cm³/mol. The number of halogens is 1. The highest BCUT2D eigenvalue weighted by molar-refractivity contribution is 8.00. The molecule has 26 heavy (non-hydrogen) atoms. The summed E-state index contributed by atoms with van der Waals surface area (Å²) in [6, 6.07) is 16.2. The van der Waals surface area contributed by atoms with Crippen LogP contribution in [0.25, 0.3) is 0 Å². The van der Waals surface area contributed by atoms with Crippen LogP contribution in [0.2, 0.25) is 0 Å². The van der Waals surface area contributed by atoms with E-state index in [9.17, 15) is 14.0 Å². The summed E-state index contributed by atoms with van der Waals surface area (Å²) in [7, 11) is 0. The largest absolute Gasteiger partial charge is 0.455 e. The Kier molecular flexibility index (Phi) is 8.15. The molecule has 0 spiro atoms. The molecule has 1 N–H and O–H groups in total. The van der Waals surface area contributed by atoms with E-state index in [1.807, 2.05) is 37.3 Å². The van der Waals surface area contributed by atoms with Crippen LogP contribution in [0.4, 0.5) is 4.39 Å². The third kappa shape index (κ3) is 7.27. The number of nitrogens with one attached hydrogen (secondary N) is 1. The Balaban J connectivity index is 1.63. The molecule has 0 aliphatic rings. The number of amides is 1. The highest BCUT2D eigenvalue weighted by Gasteiger charge is 2.12. The molecule has 2 aromatic rings. The first-order chi connectivity index (χ1) is 12.5. The Hall–Kier alpha value is -2.34. The third-order valence-electron chi connectivity index (χ3n) is 3.66. The molecule has 0 bridgehead atoms. The van der Waals surface area contributed by atoms with Gasteiger partial charge in [0.15, 0.2) is 6.61 Å². The summed E-state index contributed by atoms with van der Waals surface area (Å²) in [5.41, 5.74) is 1.21. The molecule has 0 radical (unpaired) electrons. The molecule has 6 heteroatoms. The molecule has 0 aliphatic carbocycles. The summed E-state index contributed by atoms with van der Waals surface area (Å²) in [4.78, 5) is 23.9. The molecule has 0 heterocycles. The zero-order valence-corrected chi connectivity index (χ0v) is 15.4. The highest BCUT2D eigenvalue weighted by atomic mass is 32.2. The molecule has 0 saturated carbocycles. The van der Waals surface area contributed by atoms with Crippen LogP contribution in [0.15, 0.2) is 59.5 Å². The lowest BCUT2D eigenvalue weighted by Crippen LogP contribution is -2.36. The van der Waals surface area contributed by atoms with Crippen molar-refractivity contribution in [1.29, 1.82) is 0 Å². The molecule has 2 aromatic carbocycles. The fraction of sp³-hybridized carbons (Fsp3) is 0.300. The van der Waals surface area contributed by atoms with E-state index in [4.69, 9.17) is 4.74 Å². The second-order valence-corrected chi connectivity index (χ2v) is 6.89. The van der Waals surface area contributed by atoms with E-state index >= 15 is 0 Å². The minimum atomic E-state index is -0.551. The number of hydrogen-bond acceptors (Lipinski definition) is 4. The zero-order chi connectivity index (χ0) is 18.8. The van der Waals surface area contributed by atoms with Crippen LogP contribution in [0.5, 0.6) is 0 Å². The van der Waals surface area contributed by atoms with E-state index in [0.29, 0.717) is 4.90 Å². The molecule has 138 valence electrons. The van der Waals surface area contributed by atoms with E-state index < -0.39 is 5.97 Å². The molecule has 2 rings (SSSR count). The molecule has 0 aliphatic heterocycles. The Bertz CT molecular complexity index is 724. The predicted octanol–water partition coefficient (Wildman–Crippen LogP) is 3.60. The van der Waals surface area contributed by atoms with Crippen molar-refractivity contribution < 1.29 is 18.7 Å². The minimum Gasteiger partial charge on any atom is -0.455 e. The average Bonchev–Trinajstić information content (AvgIpc) is 2.65. The Morgan fingerprint density at radius 1 is 1.12 bits per heavy atom. The lowest BCUT2D eigenvalue weighted by molar-refractivity contribution is -0.146. The number of esters is 1. The van der Waals surface area contributed by atoms with E-state index in [2.05, 4.69) is 5.32 Å². The summed E-state index contributed by atoms with van der Waals surface area (Å²) < 4.78 is 18.4. The number of hydrogen-bond donors (Lipinski definition) is 1. The van der Waals surface area contributed by atoms with Crippen LogP contribution >= 0.6 is 11.8 Å². The monoisotopic (exact) mass is 375 g/mol. The Labute approximate surface area is 157 Å². The van der Waals surface area contributed by atoms with E-state index in [-0.39, 0.29) is 30.1 Å². The zero-order valence-electron chi connectivity index (χ0n) is 14.6. The number of carbonyl (C=O) groups is 2. The quantitative estimate of drug-likeness (QED) is 0.537. The van der Waals surface area contributed by atoms with Crippen molar-refractivity contribution in [3.63, 3.8) is 0 Å². The van der Waals surface area contributed by atoms with Crippen LogP contribution in [0, 0.1) is 5.82 Å². The van der Waals surface area contributed by atoms with Gasteiger partial charge >= 0.3 is 5.97 Å². The van der Waals surface area contributed by atoms with Crippen molar-refractivity contribution in [2.75, 3.05) is 12.4 Å². The summed E-state index contributed by atoms with van der Waals surface area (Å²) in [6.45, 7) is 1.59. The minimum absolute atomic E-state index is 0.0193. The number of ether oxygens (including phenoxy) is 1. The van der Waals surface area contributed by atoms with Crippen molar-refractivity contribution in [3.05, 3.63) is 66.0 Å². The SMILES string of the molecule is C[C@H](CCc1ccccc1)NC(=O)COC(=O)CSc1ccccc1F. The first-order valence-corrected chi connectivity index (χ1v) is 9.39. The van der Waals surface area contributed by atoms with Gasteiger partial charge in [-0.15, -0.1) is 11.8 Å². The van der Waals surface area contributed by atoms with Crippen LogP contribution in [-0.4, -0.2) is 30.3 Å². The Morgan fingerprint density at radius 2 is 1.81 bits per heavy atom. The number of benzene rings is 2. The second-order valence-electron chi connectivity index (χ2n) is 5.87. The fourth-order valence-electron chi connectivity index (χ4n) is 2.30. The molecule has 0 unspecified atom stereocenters. The van der Waals surface area contributed by atoms with Gasteiger partial charge in [-0.3, -0.25) is 9.59 Å².